The smallest absolute Gasteiger partial charge is 0.374 e. The molecule has 0 amide bonds. The summed E-state index contributed by atoms with van der Waals surface area (Å²) in [6, 6.07) is 6.99. The van der Waals surface area contributed by atoms with Crippen LogP contribution in [-0.4, -0.2) is 39.3 Å². The van der Waals surface area contributed by atoms with Crippen LogP contribution in [0.4, 0.5) is 0 Å². The SMILES string of the molecule is CCO[Si](CCCCCCCCCC1(C)C=CN=C(c2ccccn2)C1)(OCC)OCC. The Bertz CT molecular complexity index is 679. The highest BCUT2D eigenvalue weighted by atomic mass is 28.4. The van der Waals surface area contributed by atoms with Gasteiger partial charge in [0.15, 0.2) is 0 Å². The highest BCUT2D eigenvalue weighted by Crippen LogP contribution is 2.34. The number of aliphatic imine (C=N–C) groups is 1. The van der Waals surface area contributed by atoms with Gasteiger partial charge in [-0.2, -0.15) is 0 Å². The third kappa shape index (κ3) is 9.26. The molecular formula is C26H44N2O3Si. The Labute approximate surface area is 197 Å². The van der Waals surface area contributed by atoms with Gasteiger partial charge in [-0.15, -0.1) is 0 Å². The molecule has 0 bridgehead atoms. The zero-order valence-electron chi connectivity index (χ0n) is 20.8. The van der Waals surface area contributed by atoms with E-state index < -0.39 is 8.80 Å². The zero-order chi connectivity index (χ0) is 23.1. The Kier molecular flexibility index (Phi) is 12.4. The average molecular weight is 461 g/mol. The topological polar surface area (TPSA) is 52.9 Å². The normalized spacial score (nSPS) is 18.7. The maximum absolute atomic E-state index is 5.95. The fraction of sp³-hybridized carbons (Fsp3) is 0.692. The maximum Gasteiger partial charge on any atom is 0.500 e. The molecule has 0 fully saturated rings. The number of allylic oxidation sites excluding steroid dienone is 1. The molecule has 2 heterocycles. The van der Waals surface area contributed by atoms with Crippen molar-refractivity contribution in [3.8, 4) is 0 Å². The number of aromatic nitrogens is 1. The van der Waals surface area contributed by atoms with Crippen molar-refractivity contribution in [2.75, 3.05) is 19.8 Å². The lowest BCUT2D eigenvalue weighted by molar-refractivity contribution is 0.0706. The van der Waals surface area contributed by atoms with Gasteiger partial charge in [0.1, 0.15) is 0 Å². The van der Waals surface area contributed by atoms with Crippen molar-refractivity contribution < 1.29 is 13.3 Å². The first-order chi connectivity index (χ1) is 15.6. The van der Waals surface area contributed by atoms with E-state index in [2.05, 4.69) is 29.0 Å². The van der Waals surface area contributed by atoms with Crippen molar-refractivity contribution in [1.82, 2.24) is 4.98 Å². The van der Waals surface area contributed by atoms with Crippen LogP contribution in [0.5, 0.6) is 0 Å². The molecule has 32 heavy (non-hydrogen) atoms. The van der Waals surface area contributed by atoms with Crippen molar-refractivity contribution in [3.63, 3.8) is 0 Å². The third-order valence-electron chi connectivity index (χ3n) is 6.06. The van der Waals surface area contributed by atoms with Crippen molar-refractivity contribution in [2.45, 2.75) is 91.5 Å². The third-order valence-corrected chi connectivity index (χ3v) is 9.21. The zero-order valence-corrected chi connectivity index (χ0v) is 21.8. The number of unbranched alkanes of at least 4 members (excludes halogenated alkanes) is 6. The van der Waals surface area contributed by atoms with Gasteiger partial charge < -0.3 is 13.3 Å². The molecule has 0 aliphatic carbocycles. The van der Waals surface area contributed by atoms with E-state index in [1.165, 1.54) is 44.9 Å². The van der Waals surface area contributed by atoms with Gasteiger partial charge in [0.05, 0.1) is 11.4 Å². The molecular weight excluding hydrogens is 416 g/mol. The van der Waals surface area contributed by atoms with Crippen LogP contribution in [0.3, 0.4) is 0 Å². The molecule has 1 aromatic rings. The van der Waals surface area contributed by atoms with Crippen molar-refractivity contribution in [1.29, 1.82) is 0 Å². The van der Waals surface area contributed by atoms with Gasteiger partial charge in [-0.05, 0) is 51.2 Å². The molecule has 0 radical (unpaired) electrons. The van der Waals surface area contributed by atoms with Crippen molar-refractivity contribution in [3.05, 3.63) is 42.4 Å². The molecule has 0 aromatic carbocycles. The van der Waals surface area contributed by atoms with E-state index in [4.69, 9.17) is 13.3 Å². The summed E-state index contributed by atoms with van der Waals surface area (Å²) in [7, 11) is -2.46. The van der Waals surface area contributed by atoms with E-state index in [0.717, 1.165) is 30.3 Å². The number of hydrogen-bond donors (Lipinski definition) is 0. The fourth-order valence-corrected chi connectivity index (χ4v) is 7.10. The van der Waals surface area contributed by atoms with Crippen LogP contribution in [0.1, 0.15) is 91.2 Å². The Morgan fingerprint density at radius 3 is 2.09 bits per heavy atom. The van der Waals surface area contributed by atoms with E-state index in [1.54, 1.807) is 0 Å². The molecule has 0 saturated heterocycles. The minimum absolute atomic E-state index is 0.195. The number of hydrogen-bond acceptors (Lipinski definition) is 5. The number of pyridine rings is 1. The van der Waals surface area contributed by atoms with Crippen LogP contribution < -0.4 is 0 Å². The van der Waals surface area contributed by atoms with Crippen LogP contribution in [0.15, 0.2) is 41.7 Å². The minimum Gasteiger partial charge on any atom is -0.374 e. The molecule has 6 heteroatoms. The van der Waals surface area contributed by atoms with E-state index in [9.17, 15) is 0 Å². The summed E-state index contributed by atoms with van der Waals surface area (Å²) < 4.78 is 17.8. The van der Waals surface area contributed by atoms with Gasteiger partial charge in [-0.1, -0.05) is 57.6 Å². The first-order valence-corrected chi connectivity index (χ1v) is 14.6. The molecule has 1 aliphatic rings. The molecule has 1 unspecified atom stereocenters. The summed E-state index contributed by atoms with van der Waals surface area (Å²) in [6.45, 7) is 10.4. The van der Waals surface area contributed by atoms with Crippen LogP contribution in [0.25, 0.3) is 0 Å². The molecule has 5 nitrogen and oxygen atoms in total. The van der Waals surface area contributed by atoms with E-state index in [1.807, 2.05) is 45.3 Å². The molecule has 0 N–H and O–H groups in total. The van der Waals surface area contributed by atoms with Gasteiger partial charge in [-0.3, -0.25) is 9.98 Å². The Balaban J connectivity index is 1.59. The van der Waals surface area contributed by atoms with Gasteiger partial charge in [0, 0.05) is 44.7 Å². The summed E-state index contributed by atoms with van der Waals surface area (Å²) in [4.78, 5) is 9.06. The van der Waals surface area contributed by atoms with E-state index in [0.29, 0.717) is 19.8 Å². The maximum atomic E-state index is 5.95. The first-order valence-electron chi connectivity index (χ1n) is 12.6. The molecule has 1 aliphatic heterocycles. The Morgan fingerprint density at radius 2 is 1.50 bits per heavy atom. The first kappa shape index (κ1) is 26.9. The average Bonchev–Trinajstić information content (AvgIpc) is 2.79. The van der Waals surface area contributed by atoms with Crippen molar-refractivity contribution in [2.24, 2.45) is 10.4 Å². The molecule has 1 atom stereocenters. The van der Waals surface area contributed by atoms with Gasteiger partial charge in [-0.25, -0.2) is 0 Å². The minimum atomic E-state index is -2.46. The fourth-order valence-electron chi connectivity index (χ4n) is 4.41. The summed E-state index contributed by atoms with van der Waals surface area (Å²) in [6.07, 6.45) is 17.1. The Morgan fingerprint density at radius 1 is 0.875 bits per heavy atom. The van der Waals surface area contributed by atoms with Crippen LogP contribution in [0.2, 0.25) is 6.04 Å². The van der Waals surface area contributed by atoms with Crippen LogP contribution in [-0.2, 0) is 13.3 Å². The molecule has 0 spiro atoms. The molecule has 0 saturated carbocycles. The lowest BCUT2D eigenvalue weighted by atomic mass is 9.78. The number of rotatable bonds is 17. The molecule has 2 rings (SSSR count). The van der Waals surface area contributed by atoms with Gasteiger partial charge in [0.25, 0.3) is 0 Å². The Hall–Kier alpha value is -1.34. The highest BCUT2D eigenvalue weighted by Gasteiger charge is 2.39. The molecule has 180 valence electrons. The summed E-state index contributed by atoms with van der Waals surface area (Å²) in [5.41, 5.74) is 2.31. The highest BCUT2D eigenvalue weighted by molar-refractivity contribution is 6.60. The van der Waals surface area contributed by atoms with Crippen LogP contribution >= 0.6 is 0 Å². The lowest BCUT2D eigenvalue weighted by Crippen LogP contribution is -2.45. The second-order valence-corrected chi connectivity index (χ2v) is 11.6. The van der Waals surface area contributed by atoms with Gasteiger partial charge >= 0.3 is 8.80 Å². The largest absolute Gasteiger partial charge is 0.500 e. The van der Waals surface area contributed by atoms with Gasteiger partial charge in [0.2, 0.25) is 0 Å². The standard InChI is InChI=1S/C26H44N2O3Si/c1-5-29-32(30-6-2,31-7-3)22-16-12-10-8-9-11-14-18-26(4)19-21-28-25(23-26)24-17-13-15-20-27-24/h13,15,17,19-21H,5-12,14,16,18,22-23H2,1-4H3. The summed E-state index contributed by atoms with van der Waals surface area (Å²) in [5, 5.41) is 0. The molecule has 1 aromatic heterocycles. The predicted molar refractivity (Wildman–Crippen MR) is 135 cm³/mol. The predicted octanol–water partition coefficient (Wildman–Crippen LogP) is 6.96. The lowest BCUT2D eigenvalue weighted by Gasteiger charge is -2.29. The number of nitrogens with zero attached hydrogens (tertiary/aromatic N) is 2. The monoisotopic (exact) mass is 460 g/mol. The second kappa shape index (κ2) is 14.7. The summed E-state index contributed by atoms with van der Waals surface area (Å²) >= 11 is 0. The quantitative estimate of drug-likeness (QED) is 0.186. The summed E-state index contributed by atoms with van der Waals surface area (Å²) in [5.74, 6) is 0. The van der Waals surface area contributed by atoms with E-state index in [-0.39, 0.29) is 5.41 Å². The van der Waals surface area contributed by atoms with Crippen molar-refractivity contribution >= 4 is 14.5 Å². The van der Waals surface area contributed by atoms with E-state index >= 15 is 0 Å². The van der Waals surface area contributed by atoms with Crippen LogP contribution in [0, 0.1) is 5.41 Å². The second-order valence-electron chi connectivity index (χ2n) is 8.89.